The quantitative estimate of drug-likeness (QED) is 0.779. The molecule has 3 rings (SSSR count). The Balaban J connectivity index is 1.90. The van der Waals surface area contributed by atoms with Crippen molar-refractivity contribution in [3.8, 4) is 0 Å². The summed E-state index contributed by atoms with van der Waals surface area (Å²) in [4.78, 5) is 1.50. The first-order valence-corrected chi connectivity index (χ1v) is 7.21. The molecule has 0 radical (unpaired) electrons. The van der Waals surface area contributed by atoms with Crippen molar-refractivity contribution in [1.82, 2.24) is 25.5 Å². The molecule has 1 N–H and O–H groups in total. The van der Waals surface area contributed by atoms with Gasteiger partial charge in [0.15, 0.2) is 5.82 Å². The smallest absolute Gasteiger partial charge is 0.176 e. The number of aryl methyl sites for hydroxylation is 1. The number of fused-ring (bicyclic) bond motifs is 1. The topological polar surface area (TPSA) is 55.6 Å². The molecule has 0 spiro atoms. The standard InChI is InChI=1S/C16H19N5/c1-3-17-15(11-16-18-20-21(2)19-16)14-9-8-12-6-4-5-7-13(12)10-14/h4-10,15,17H,3,11H2,1-2H3. The second kappa shape index (κ2) is 6.01. The molecule has 0 aliphatic carbocycles. The number of nitrogens with one attached hydrogen (secondary N) is 1. The summed E-state index contributed by atoms with van der Waals surface area (Å²) in [5, 5.41) is 18.3. The summed E-state index contributed by atoms with van der Waals surface area (Å²) in [6.45, 7) is 3.01. The van der Waals surface area contributed by atoms with Crippen molar-refractivity contribution in [2.24, 2.45) is 7.05 Å². The Morgan fingerprint density at radius 3 is 2.67 bits per heavy atom. The number of aromatic nitrogens is 4. The molecular weight excluding hydrogens is 262 g/mol. The summed E-state index contributed by atoms with van der Waals surface area (Å²) in [5.41, 5.74) is 1.25. The molecule has 0 aliphatic heterocycles. The van der Waals surface area contributed by atoms with Gasteiger partial charge in [-0.1, -0.05) is 43.3 Å². The predicted octanol–water partition coefficient (Wildman–Crippen LogP) is 2.26. The van der Waals surface area contributed by atoms with E-state index in [4.69, 9.17) is 0 Å². The highest BCUT2D eigenvalue weighted by molar-refractivity contribution is 5.83. The van der Waals surface area contributed by atoms with Gasteiger partial charge in [0.1, 0.15) is 0 Å². The third-order valence-electron chi connectivity index (χ3n) is 3.56. The van der Waals surface area contributed by atoms with Gasteiger partial charge in [0, 0.05) is 12.5 Å². The minimum Gasteiger partial charge on any atom is -0.310 e. The predicted molar refractivity (Wildman–Crippen MR) is 82.9 cm³/mol. The highest BCUT2D eigenvalue weighted by Gasteiger charge is 2.14. The molecule has 1 atom stereocenters. The van der Waals surface area contributed by atoms with Gasteiger partial charge in [0.05, 0.1) is 7.05 Å². The Hall–Kier alpha value is -2.27. The Labute approximate surface area is 124 Å². The average molecular weight is 281 g/mol. The van der Waals surface area contributed by atoms with Gasteiger partial charge in [-0.2, -0.15) is 4.80 Å². The van der Waals surface area contributed by atoms with E-state index < -0.39 is 0 Å². The van der Waals surface area contributed by atoms with Crippen molar-refractivity contribution in [1.29, 1.82) is 0 Å². The minimum atomic E-state index is 0.198. The Morgan fingerprint density at radius 1 is 1.14 bits per heavy atom. The highest BCUT2D eigenvalue weighted by atomic mass is 15.6. The molecule has 1 heterocycles. The molecular formula is C16H19N5. The fourth-order valence-electron chi connectivity index (χ4n) is 2.57. The summed E-state index contributed by atoms with van der Waals surface area (Å²) in [7, 11) is 1.79. The molecule has 0 saturated heterocycles. The first kappa shape index (κ1) is 13.7. The van der Waals surface area contributed by atoms with Gasteiger partial charge in [-0.05, 0) is 34.2 Å². The zero-order chi connectivity index (χ0) is 14.7. The number of likely N-dealkylation sites (N-methyl/N-ethyl adjacent to an activating group) is 1. The maximum Gasteiger partial charge on any atom is 0.176 e. The molecule has 5 heteroatoms. The SMILES string of the molecule is CCNC(Cc1nnn(C)n1)c1ccc2ccccc2c1. The van der Waals surface area contributed by atoms with E-state index in [-0.39, 0.29) is 6.04 Å². The zero-order valence-corrected chi connectivity index (χ0v) is 12.3. The number of rotatable bonds is 5. The van der Waals surface area contributed by atoms with Gasteiger partial charge in [-0.3, -0.25) is 0 Å². The lowest BCUT2D eigenvalue weighted by atomic mass is 9.99. The van der Waals surface area contributed by atoms with Crippen LogP contribution in [0.3, 0.4) is 0 Å². The third-order valence-corrected chi connectivity index (χ3v) is 3.56. The fourth-order valence-corrected chi connectivity index (χ4v) is 2.57. The van der Waals surface area contributed by atoms with Gasteiger partial charge in [-0.25, -0.2) is 0 Å². The van der Waals surface area contributed by atoms with Crippen LogP contribution >= 0.6 is 0 Å². The fraction of sp³-hybridized carbons (Fsp3) is 0.312. The van der Waals surface area contributed by atoms with Gasteiger partial charge >= 0.3 is 0 Å². The van der Waals surface area contributed by atoms with E-state index in [1.807, 2.05) is 0 Å². The number of benzene rings is 2. The van der Waals surface area contributed by atoms with E-state index in [0.29, 0.717) is 0 Å². The van der Waals surface area contributed by atoms with Crippen molar-refractivity contribution in [3.05, 3.63) is 53.9 Å². The van der Waals surface area contributed by atoms with Gasteiger partial charge in [0.2, 0.25) is 0 Å². The molecule has 0 bridgehead atoms. The third kappa shape index (κ3) is 3.08. The molecule has 1 unspecified atom stereocenters. The van der Waals surface area contributed by atoms with Gasteiger partial charge in [0.25, 0.3) is 0 Å². The van der Waals surface area contributed by atoms with E-state index in [2.05, 4.69) is 70.1 Å². The Kier molecular flexibility index (Phi) is 3.92. The van der Waals surface area contributed by atoms with Gasteiger partial charge in [-0.15, -0.1) is 10.2 Å². The zero-order valence-electron chi connectivity index (χ0n) is 12.3. The largest absolute Gasteiger partial charge is 0.310 e. The number of hydrogen-bond donors (Lipinski definition) is 1. The van der Waals surface area contributed by atoms with Crippen LogP contribution in [0.1, 0.15) is 24.4 Å². The molecule has 0 fully saturated rings. The van der Waals surface area contributed by atoms with Crippen molar-refractivity contribution >= 4 is 10.8 Å². The minimum absolute atomic E-state index is 0.198. The first-order valence-electron chi connectivity index (χ1n) is 7.21. The maximum absolute atomic E-state index is 4.28. The van der Waals surface area contributed by atoms with Crippen LogP contribution in [-0.2, 0) is 13.5 Å². The molecule has 0 amide bonds. The van der Waals surface area contributed by atoms with E-state index in [0.717, 1.165) is 18.8 Å². The molecule has 0 aliphatic rings. The summed E-state index contributed by atoms with van der Waals surface area (Å²) in [6.07, 6.45) is 0.736. The summed E-state index contributed by atoms with van der Waals surface area (Å²) < 4.78 is 0. The van der Waals surface area contributed by atoms with Crippen molar-refractivity contribution in [2.45, 2.75) is 19.4 Å². The summed E-state index contributed by atoms with van der Waals surface area (Å²) >= 11 is 0. The van der Waals surface area contributed by atoms with Crippen LogP contribution in [0.25, 0.3) is 10.8 Å². The van der Waals surface area contributed by atoms with E-state index in [9.17, 15) is 0 Å². The molecule has 5 nitrogen and oxygen atoms in total. The Bertz CT molecular complexity index is 734. The van der Waals surface area contributed by atoms with E-state index >= 15 is 0 Å². The van der Waals surface area contributed by atoms with E-state index in [1.165, 1.54) is 21.1 Å². The normalized spacial score (nSPS) is 12.7. The lowest BCUT2D eigenvalue weighted by Gasteiger charge is -2.17. The second-order valence-electron chi connectivity index (χ2n) is 5.12. The van der Waals surface area contributed by atoms with Crippen LogP contribution < -0.4 is 5.32 Å². The van der Waals surface area contributed by atoms with Crippen LogP contribution in [0.4, 0.5) is 0 Å². The first-order chi connectivity index (χ1) is 10.3. The van der Waals surface area contributed by atoms with Crippen molar-refractivity contribution < 1.29 is 0 Å². The molecule has 1 aromatic heterocycles. The molecule has 108 valence electrons. The number of nitrogens with zero attached hydrogens (tertiary/aromatic N) is 4. The van der Waals surface area contributed by atoms with Crippen LogP contribution in [0.2, 0.25) is 0 Å². The molecule has 21 heavy (non-hydrogen) atoms. The Morgan fingerprint density at radius 2 is 1.95 bits per heavy atom. The van der Waals surface area contributed by atoms with Crippen LogP contribution in [-0.4, -0.2) is 26.8 Å². The lowest BCUT2D eigenvalue weighted by molar-refractivity contribution is 0.535. The summed E-state index contributed by atoms with van der Waals surface area (Å²) in [6, 6.07) is 15.2. The average Bonchev–Trinajstić information content (AvgIpc) is 2.91. The number of tetrazole rings is 1. The lowest BCUT2D eigenvalue weighted by Crippen LogP contribution is -2.23. The van der Waals surface area contributed by atoms with E-state index in [1.54, 1.807) is 7.05 Å². The van der Waals surface area contributed by atoms with Crippen LogP contribution in [0, 0.1) is 0 Å². The highest BCUT2D eigenvalue weighted by Crippen LogP contribution is 2.22. The summed E-state index contributed by atoms with van der Waals surface area (Å²) in [5.74, 6) is 0.761. The monoisotopic (exact) mass is 281 g/mol. The molecule has 2 aromatic carbocycles. The maximum atomic E-state index is 4.28. The van der Waals surface area contributed by atoms with Crippen LogP contribution in [0.15, 0.2) is 42.5 Å². The molecule has 3 aromatic rings. The van der Waals surface area contributed by atoms with Crippen molar-refractivity contribution in [3.63, 3.8) is 0 Å². The number of hydrogen-bond acceptors (Lipinski definition) is 4. The second-order valence-corrected chi connectivity index (χ2v) is 5.12. The van der Waals surface area contributed by atoms with Crippen molar-refractivity contribution in [2.75, 3.05) is 6.54 Å². The van der Waals surface area contributed by atoms with Gasteiger partial charge < -0.3 is 5.32 Å². The molecule has 0 saturated carbocycles. The van der Waals surface area contributed by atoms with Crippen LogP contribution in [0.5, 0.6) is 0 Å².